The van der Waals surface area contributed by atoms with Crippen molar-refractivity contribution >= 4 is 5.91 Å². The summed E-state index contributed by atoms with van der Waals surface area (Å²) in [5.74, 6) is -0.0780. The van der Waals surface area contributed by atoms with E-state index in [1.165, 1.54) is 6.07 Å². The van der Waals surface area contributed by atoms with Crippen molar-refractivity contribution in [1.82, 2.24) is 20.0 Å². The Hall–Kier alpha value is -2.21. The number of amides is 1. The Bertz CT molecular complexity index is 729. The van der Waals surface area contributed by atoms with Crippen molar-refractivity contribution in [3.8, 4) is 0 Å². The summed E-state index contributed by atoms with van der Waals surface area (Å²) in [5.41, 5.74) is 1.69. The molecule has 2 aromatic rings. The van der Waals surface area contributed by atoms with Crippen molar-refractivity contribution in [2.75, 3.05) is 7.05 Å². The van der Waals surface area contributed by atoms with E-state index < -0.39 is 0 Å². The Morgan fingerprint density at radius 3 is 2.75 bits per heavy atom. The van der Waals surface area contributed by atoms with Crippen LogP contribution in [0.25, 0.3) is 0 Å². The molecule has 1 aromatic heterocycles. The van der Waals surface area contributed by atoms with E-state index in [0.29, 0.717) is 18.4 Å². The number of halogens is 1. The third kappa shape index (κ3) is 3.19. The van der Waals surface area contributed by atoms with E-state index in [1.54, 1.807) is 27.9 Å². The smallest absolute Gasteiger partial charge is 0.224 e. The van der Waals surface area contributed by atoms with Gasteiger partial charge in [-0.1, -0.05) is 18.2 Å². The van der Waals surface area contributed by atoms with Gasteiger partial charge >= 0.3 is 0 Å². The number of hydrogen-bond donors (Lipinski definition) is 1. The highest BCUT2D eigenvalue weighted by Crippen LogP contribution is 2.31. The Morgan fingerprint density at radius 2 is 2.08 bits per heavy atom. The summed E-state index contributed by atoms with van der Waals surface area (Å²) in [5, 5.41) is 7.73. The highest BCUT2D eigenvalue weighted by molar-refractivity contribution is 5.80. The lowest BCUT2D eigenvalue weighted by atomic mass is 10.0. The first-order valence-electron chi connectivity index (χ1n) is 8.20. The Balaban J connectivity index is 1.74. The zero-order valence-electron chi connectivity index (χ0n) is 14.2. The molecule has 0 spiro atoms. The van der Waals surface area contributed by atoms with Gasteiger partial charge in [-0.2, -0.15) is 5.10 Å². The van der Waals surface area contributed by atoms with E-state index in [4.69, 9.17) is 0 Å². The molecule has 0 unspecified atom stereocenters. The van der Waals surface area contributed by atoms with Crippen molar-refractivity contribution in [2.45, 2.75) is 37.9 Å². The lowest BCUT2D eigenvalue weighted by Gasteiger charge is -2.28. The summed E-state index contributed by atoms with van der Waals surface area (Å²) >= 11 is 0. The first-order chi connectivity index (χ1) is 11.5. The molecule has 128 valence electrons. The second-order valence-corrected chi connectivity index (χ2v) is 6.50. The maximum atomic E-state index is 13.8. The van der Waals surface area contributed by atoms with Crippen molar-refractivity contribution < 1.29 is 9.18 Å². The van der Waals surface area contributed by atoms with Gasteiger partial charge in [-0.3, -0.25) is 9.48 Å². The second-order valence-electron chi connectivity index (χ2n) is 6.50. The predicted octanol–water partition coefficient (Wildman–Crippen LogP) is 2.05. The van der Waals surface area contributed by atoms with E-state index in [2.05, 4.69) is 10.4 Å². The Labute approximate surface area is 141 Å². The topological polar surface area (TPSA) is 50.2 Å². The standard InChI is InChI=1S/C18H23FN4O/c1-12(10-13-6-4-5-7-14(13)19)21-15-11-17(24)22(2)18(15)16-8-9-20-23(16)3/h4-9,12,15,18,21H,10-11H2,1-3H3/t12-,15-,18-/m1/s1. The van der Waals surface area contributed by atoms with Crippen molar-refractivity contribution in [3.05, 3.63) is 53.6 Å². The summed E-state index contributed by atoms with van der Waals surface area (Å²) in [6, 6.07) is 8.74. The molecule has 1 aliphatic heterocycles. The summed E-state index contributed by atoms with van der Waals surface area (Å²) in [6.45, 7) is 2.02. The van der Waals surface area contributed by atoms with Crippen LogP contribution in [0.15, 0.2) is 36.5 Å². The summed E-state index contributed by atoms with van der Waals surface area (Å²) < 4.78 is 15.6. The first-order valence-corrected chi connectivity index (χ1v) is 8.20. The molecule has 2 heterocycles. The molecule has 1 aromatic carbocycles. The highest BCUT2D eigenvalue weighted by atomic mass is 19.1. The fraction of sp³-hybridized carbons (Fsp3) is 0.444. The van der Waals surface area contributed by atoms with Crippen LogP contribution in [0, 0.1) is 5.82 Å². The third-order valence-corrected chi connectivity index (χ3v) is 4.73. The fourth-order valence-electron chi connectivity index (χ4n) is 3.52. The van der Waals surface area contributed by atoms with Gasteiger partial charge in [0.05, 0.1) is 11.7 Å². The molecule has 3 atom stereocenters. The van der Waals surface area contributed by atoms with Gasteiger partial charge in [0.1, 0.15) is 5.82 Å². The van der Waals surface area contributed by atoms with E-state index in [0.717, 1.165) is 5.69 Å². The van der Waals surface area contributed by atoms with Gasteiger partial charge in [-0.15, -0.1) is 0 Å². The number of hydrogen-bond acceptors (Lipinski definition) is 3. The molecular formula is C18H23FN4O. The van der Waals surface area contributed by atoms with Crippen LogP contribution < -0.4 is 5.32 Å². The van der Waals surface area contributed by atoms with Gasteiger partial charge < -0.3 is 10.2 Å². The average Bonchev–Trinajstić information content (AvgIpc) is 3.06. The highest BCUT2D eigenvalue weighted by Gasteiger charge is 2.40. The van der Waals surface area contributed by atoms with Crippen LogP contribution in [-0.2, 0) is 18.3 Å². The number of rotatable bonds is 5. The van der Waals surface area contributed by atoms with Gasteiger partial charge in [0.15, 0.2) is 0 Å². The minimum Gasteiger partial charge on any atom is -0.336 e. The Kier molecular flexibility index (Phi) is 4.66. The number of carbonyl (C=O) groups is 1. The summed E-state index contributed by atoms with van der Waals surface area (Å²) in [4.78, 5) is 14.0. The molecule has 0 saturated carbocycles. The maximum absolute atomic E-state index is 13.8. The summed E-state index contributed by atoms with van der Waals surface area (Å²) in [7, 11) is 3.70. The maximum Gasteiger partial charge on any atom is 0.224 e. The molecule has 0 aliphatic carbocycles. The molecule has 5 nitrogen and oxygen atoms in total. The van der Waals surface area contributed by atoms with Gasteiger partial charge in [-0.25, -0.2) is 4.39 Å². The van der Waals surface area contributed by atoms with Crippen LogP contribution in [-0.4, -0.2) is 39.7 Å². The molecule has 0 bridgehead atoms. The molecule has 1 amide bonds. The van der Waals surface area contributed by atoms with Crippen LogP contribution >= 0.6 is 0 Å². The monoisotopic (exact) mass is 330 g/mol. The zero-order chi connectivity index (χ0) is 17.3. The normalized spacial score (nSPS) is 22.2. The lowest BCUT2D eigenvalue weighted by Crippen LogP contribution is -2.41. The first kappa shape index (κ1) is 16.6. The number of benzene rings is 1. The molecule has 0 radical (unpaired) electrons. The van der Waals surface area contributed by atoms with Crippen LogP contribution in [0.5, 0.6) is 0 Å². The number of likely N-dealkylation sites (tertiary alicyclic amines) is 1. The number of aryl methyl sites for hydroxylation is 1. The molecule has 3 rings (SSSR count). The lowest BCUT2D eigenvalue weighted by molar-refractivity contribution is -0.127. The van der Waals surface area contributed by atoms with E-state index in [-0.39, 0.29) is 29.8 Å². The van der Waals surface area contributed by atoms with Crippen molar-refractivity contribution in [3.63, 3.8) is 0 Å². The molecule has 1 aliphatic rings. The van der Waals surface area contributed by atoms with Crippen LogP contribution in [0.1, 0.15) is 30.6 Å². The summed E-state index contributed by atoms with van der Waals surface area (Å²) in [6.07, 6.45) is 2.76. The number of nitrogens with zero attached hydrogens (tertiary/aromatic N) is 3. The van der Waals surface area contributed by atoms with Gasteiger partial charge in [0.2, 0.25) is 5.91 Å². The van der Waals surface area contributed by atoms with Gasteiger partial charge in [0, 0.05) is 38.8 Å². The molecular weight excluding hydrogens is 307 g/mol. The zero-order valence-corrected chi connectivity index (χ0v) is 14.2. The minimum absolute atomic E-state index is 0.0142. The van der Waals surface area contributed by atoms with Crippen LogP contribution in [0.2, 0.25) is 0 Å². The average molecular weight is 330 g/mol. The third-order valence-electron chi connectivity index (χ3n) is 4.73. The van der Waals surface area contributed by atoms with E-state index >= 15 is 0 Å². The number of likely N-dealkylation sites (N-methyl/N-ethyl adjacent to an activating group) is 1. The quantitative estimate of drug-likeness (QED) is 0.913. The largest absolute Gasteiger partial charge is 0.336 e. The SMILES string of the molecule is C[C@H](Cc1ccccc1F)N[C@@H]1CC(=O)N(C)[C@H]1c1ccnn1C. The molecule has 1 fully saturated rings. The molecule has 6 heteroatoms. The fourth-order valence-corrected chi connectivity index (χ4v) is 3.52. The van der Waals surface area contributed by atoms with E-state index in [9.17, 15) is 9.18 Å². The second kappa shape index (κ2) is 6.73. The van der Waals surface area contributed by atoms with Gasteiger partial charge in [-0.05, 0) is 31.0 Å². The minimum atomic E-state index is -0.186. The Morgan fingerprint density at radius 1 is 1.33 bits per heavy atom. The predicted molar refractivity (Wildman–Crippen MR) is 89.8 cm³/mol. The van der Waals surface area contributed by atoms with Crippen LogP contribution in [0.4, 0.5) is 4.39 Å². The van der Waals surface area contributed by atoms with Crippen molar-refractivity contribution in [2.24, 2.45) is 7.05 Å². The van der Waals surface area contributed by atoms with Crippen molar-refractivity contribution in [1.29, 1.82) is 0 Å². The molecule has 24 heavy (non-hydrogen) atoms. The molecule has 1 saturated heterocycles. The number of carbonyl (C=O) groups excluding carboxylic acids is 1. The molecule has 1 N–H and O–H groups in total. The number of nitrogens with one attached hydrogen (secondary N) is 1. The number of aromatic nitrogens is 2. The van der Waals surface area contributed by atoms with Crippen LogP contribution in [0.3, 0.4) is 0 Å². The van der Waals surface area contributed by atoms with E-state index in [1.807, 2.05) is 33.2 Å². The van der Waals surface area contributed by atoms with Gasteiger partial charge in [0.25, 0.3) is 0 Å².